The molecule has 0 radical (unpaired) electrons. The Kier molecular flexibility index (Phi) is 4.23. The summed E-state index contributed by atoms with van der Waals surface area (Å²) >= 11 is 0. The Morgan fingerprint density at radius 2 is 1.90 bits per heavy atom. The lowest BCUT2D eigenvalue weighted by molar-refractivity contribution is 0.0696. The lowest BCUT2D eigenvalue weighted by Gasteiger charge is -2.08. The molecule has 0 heterocycles. The molecule has 0 bridgehead atoms. The number of rotatable bonds is 4. The second kappa shape index (κ2) is 6.09. The van der Waals surface area contributed by atoms with E-state index < -0.39 is 11.9 Å². The number of carbonyl (C=O) groups is 2. The van der Waals surface area contributed by atoms with Gasteiger partial charge >= 0.3 is 5.97 Å². The molecule has 108 valence electrons. The average molecular weight is 285 g/mol. The van der Waals surface area contributed by atoms with Gasteiger partial charge in [-0.05, 0) is 42.3 Å². The van der Waals surface area contributed by atoms with Gasteiger partial charge in [0.05, 0.1) is 11.1 Å². The molecule has 0 unspecified atom stereocenters. The predicted molar refractivity (Wildman–Crippen MR) is 77.4 cm³/mol. The van der Waals surface area contributed by atoms with Gasteiger partial charge < -0.3 is 15.5 Å². The maximum absolute atomic E-state index is 12.0. The first-order valence-electron chi connectivity index (χ1n) is 6.37. The molecule has 0 aliphatic rings. The van der Waals surface area contributed by atoms with Crippen molar-refractivity contribution in [3.8, 4) is 5.75 Å². The summed E-state index contributed by atoms with van der Waals surface area (Å²) in [6, 6.07) is 11.1. The van der Waals surface area contributed by atoms with Crippen molar-refractivity contribution in [2.45, 2.75) is 13.5 Å². The molecule has 5 nitrogen and oxygen atoms in total. The van der Waals surface area contributed by atoms with Crippen LogP contribution in [0.2, 0.25) is 0 Å². The highest BCUT2D eigenvalue weighted by Crippen LogP contribution is 2.18. The van der Waals surface area contributed by atoms with E-state index in [1.807, 2.05) is 6.92 Å². The minimum Gasteiger partial charge on any atom is -0.507 e. The third kappa shape index (κ3) is 3.60. The Morgan fingerprint density at radius 1 is 1.14 bits per heavy atom. The van der Waals surface area contributed by atoms with Crippen molar-refractivity contribution in [2.24, 2.45) is 0 Å². The average Bonchev–Trinajstić information content (AvgIpc) is 2.45. The third-order valence-corrected chi connectivity index (χ3v) is 3.02. The van der Waals surface area contributed by atoms with Crippen LogP contribution in [0.4, 0.5) is 0 Å². The molecule has 21 heavy (non-hydrogen) atoms. The highest BCUT2D eigenvalue weighted by molar-refractivity contribution is 5.96. The number of carboxylic acids is 1. The van der Waals surface area contributed by atoms with Crippen molar-refractivity contribution in [3.05, 3.63) is 64.7 Å². The first-order chi connectivity index (χ1) is 9.97. The van der Waals surface area contributed by atoms with E-state index in [1.54, 1.807) is 24.3 Å². The Balaban J connectivity index is 2.07. The van der Waals surface area contributed by atoms with E-state index in [9.17, 15) is 14.7 Å². The van der Waals surface area contributed by atoms with Crippen LogP contribution in [0.3, 0.4) is 0 Å². The van der Waals surface area contributed by atoms with Gasteiger partial charge in [0.15, 0.2) is 0 Å². The van der Waals surface area contributed by atoms with E-state index in [0.29, 0.717) is 5.56 Å². The molecule has 0 atom stereocenters. The number of carbonyl (C=O) groups excluding carboxylic acids is 1. The quantitative estimate of drug-likeness (QED) is 0.804. The lowest BCUT2D eigenvalue weighted by Crippen LogP contribution is -2.23. The fraction of sp³-hybridized carbons (Fsp3) is 0.125. The number of amides is 1. The molecule has 0 aromatic heterocycles. The molecule has 0 saturated carbocycles. The van der Waals surface area contributed by atoms with Crippen molar-refractivity contribution in [3.63, 3.8) is 0 Å². The van der Waals surface area contributed by atoms with Gasteiger partial charge in [-0.1, -0.05) is 18.2 Å². The Bertz CT molecular complexity index is 694. The molecule has 0 saturated heterocycles. The van der Waals surface area contributed by atoms with Gasteiger partial charge in [0.25, 0.3) is 5.91 Å². The van der Waals surface area contributed by atoms with Crippen LogP contribution in [0.25, 0.3) is 0 Å². The number of aryl methyl sites for hydroxylation is 1. The summed E-state index contributed by atoms with van der Waals surface area (Å²) in [6.45, 7) is 2.01. The van der Waals surface area contributed by atoms with E-state index in [0.717, 1.165) is 5.56 Å². The number of benzene rings is 2. The van der Waals surface area contributed by atoms with Crippen LogP contribution in [0.5, 0.6) is 5.75 Å². The molecule has 1 amide bonds. The highest BCUT2D eigenvalue weighted by Gasteiger charge is 2.11. The zero-order chi connectivity index (χ0) is 15.4. The number of aromatic carboxylic acids is 1. The zero-order valence-electron chi connectivity index (χ0n) is 11.5. The van der Waals surface area contributed by atoms with Crippen molar-refractivity contribution in [1.29, 1.82) is 0 Å². The summed E-state index contributed by atoms with van der Waals surface area (Å²) in [6.07, 6.45) is 0. The van der Waals surface area contributed by atoms with E-state index in [2.05, 4.69) is 5.32 Å². The van der Waals surface area contributed by atoms with Crippen LogP contribution >= 0.6 is 0 Å². The van der Waals surface area contributed by atoms with Crippen LogP contribution in [0.1, 0.15) is 31.8 Å². The monoisotopic (exact) mass is 285 g/mol. The Morgan fingerprint density at radius 3 is 2.57 bits per heavy atom. The molecule has 0 aliphatic carbocycles. The van der Waals surface area contributed by atoms with Gasteiger partial charge in [-0.15, -0.1) is 0 Å². The van der Waals surface area contributed by atoms with Gasteiger partial charge in [0.2, 0.25) is 0 Å². The number of hydrogen-bond acceptors (Lipinski definition) is 3. The standard InChI is InChI=1S/C16H15NO4/c1-10-5-6-13(14(18)7-10)15(19)17-9-11-3-2-4-12(8-11)16(20)21/h2-8,18H,9H2,1H3,(H,17,19)(H,20,21). The third-order valence-electron chi connectivity index (χ3n) is 3.02. The Hall–Kier alpha value is -2.82. The molecule has 2 aromatic carbocycles. The SMILES string of the molecule is Cc1ccc(C(=O)NCc2cccc(C(=O)O)c2)c(O)c1. The fourth-order valence-corrected chi connectivity index (χ4v) is 1.93. The van der Waals surface area contributed by atoms with E-state index in [4.69, 9.17) is 5.11 Å². The van der Waals surface area contributed by atoms with Crippen molar-refractivity contribution in [2.75, 3.05) is 0 Å². The smallest absolute Gasteiger partial charge is 0.335 e. The largest absolute Gasteiger partial charge is 0.507 e. The number of phenolic OH excluding ortho intramolecular Hbond substituents is 1. The van der Waals surface area contributed by atoms with Gasteiger partial charge in [-0.25, -0.2) is 4.79 Å². The summed E-state index contributed by atoms with van der Waals surface area (Å²) in [5.41, 5.74) is 1.89. The molecule has 2 aromatic rings. The lowest BCUT2D eigenvalue weighted by atomic mass is 10.1. The van der Waals surface area contributed by atoms with Crippen LogP contribution in [-0.2, 0) is 6.54 Å². The molecule has 0 fully saturated rings. The first-order valence-corrected chi connectivity index (χ1v) is 6.37. The number of nitrogens with one attached hydrogen (secondary N) is 1. The minimum absolute atomic E-state index is 0.0770. The van der Waals surface area contributed by atoms with Crippen molar-refractivity contribution >= 4 is 11.9 Å². The predicted octanol–water partition coefficient (Wildman–Crippen LogP) is 2.33. The topological polar surface area (TPSA) is 86.6 Å². The molecular formula is C16H15NO4. The van der Waals surface area contributed by atoms with E-state index in [1.165, 1.54) is 18.2 Å². The van der Waals surface area contributed by atoms with Gasteiger partial charge in [-0.3, -0.25) is 4.79 Å². The molecule has 0 aliphatic heterocycles. The Labute approximate surface area is 121 Å². The van der Waals surface area contributed by atoms with E-state index in [-0.39, 0.29) is 23.4 Å². The second-order valence-corrected chi connectivity index (χ2v) is 4.71. The van der Waals surface area contributed by atoms with Gasteiger partial charge in [0, 0.05) is 6.54 Å². The fourth-order valence-electron chi connectivity index (χ4n) is 1.93. The number of hydrogen-bond donors (Lipinski definition) is 3. The van der Waals surface area contributed by atoms with Gasteiger partial charge in [-0.2, -0.15) is 0 Å². The summed E-state index contributed by atoms with van der Waals surface area (Å²) in [5.74, 6) is -1.50. The molecule has 5 heteroatoms. The van der Waals surface area contributed by atoms with E-state index >= 15 is 0 Å². The summed E-state index contributed by atoms with van der Waals surface area (Å²) in [4.78, 5) is 22.9. The maximum Gasteiger partial charge on any atom is 0.335 e. The summed E-state index contributed by atoms with van der Waals surface area (Å²) < 4.78 is 0. The first kappa shape index (κ1) is 14.6. The van der Waals surface area contributed by atoms with Crippen molar-refractivity contribution in [1.82, 2.24) is 5.32 Å². The zero-order valence-corrected chi connectivity index (χ0v) is 11.5. The van der Waals surface area contributed by atoms with Crippen molar-refractivity contribution < 1.29 is 19.8 Å². The van der Waals surface area contributed by atoms with Crippen LogP contribution in [0.15, 0.2) is 42.5 Å². The normalized spacial score (nSPS) is 10.1. The van der Waals surface area contributed by atoms with Crippen LogP contribution in [-0.4, -0.2) is 22.1 Å². The highest BCUT2D eigenvalue weighted by atomic mass is 16.4. The minimum atomic E-state index is -1.01. The summed E-state index contributed by atoms with van der Waals surface area (Å²) in [7, 11) is 0. The summed E-state index contributed by atoms with van der Waals surface area (Å²) in [5, 5.41) is 21.3. The maximum atomic E-state index is 12.0. The number of phenols is 1. The number of aromatic hydroxyl groups is 1. The second-order valence-electron chi connectivity index (χ2n) is 4.71. The molecule has 3 N–H and O–H groups in total. The van der Waals surface area contributed by atoms with Gasteiger partial charge in [0.1, 0.15) is 5.75 Å². The molecule has 0 spiro atoms. The molecule has 2 rings (SSSR count). The number of carboxylic acid groups (broad SMARTS) is 1. The molecular weight excluding hydrogens is 270 g/mol. The van der Waals surface area contributed by atoms with Crippen LogP contribution < -0.4 is 5.32 Å². The van der Waals surface area contributed by atoms with Crippen LogP contribution in [0, 0.1) is 6.92 Å².